The predicted molar refractivity (Wildman–Crippen MR) is 183 cm³/mol. The van der Waals surface area contributed by atoms with E-state index in [1.54, 1.807) is 30.6 Å². The summed E-state index contributed by atoms with van der Waals surface area (Å²) in [6.45, 7) is 10.4. The third-order valence-corrected chi connectivity index (χ3v) is 8.69. The van der Waals surface area contributed by atoms with E-state index >= 15 is 0 Å². The van der Waals surface area contributed by atoms with Crippen LogP contribution in [0, 0.1) is 36.9 Å². The number of thiol groups is 1. The lowest BCUT2D eigenvalue weighted by Crippen LogP contribution is -2.42. The van der Waals surface area contributed by atoms with Crippen molar-refractivity contribution in [3.05, 3.63) is 112 Å². The molecule has 1 aromatic carbocycles. The lowest BCUT2D eigenvalue weighted by Gasteiger charge is -2.31. The first kappa shape index (κ1) is 33.3. The molecular formula is C36H36FN7O2S. The summed E-state index contributed by atoms with van der Waals surface area (Å²) in [5, 5.41) is 12.5. The molecule has 2 unspecified atom stereocenters. The van der Waals surface area contributed by atoms with Gasteiger partial charge in [0.15, 0.2) is 0 Å². The predicted octanol–water partition coefficient (Wildman–Crippen LogP) is 6.26. The van der Waals surface area contributed by atoms with Crippen LogP contribution in [0.3, 0.4) is 0 Å². The van der Waals surface area contributed by atoms with Gasteiger partial charge in [0.25, 0.3) is 11.8 Å². The molecule has 4 aromatic heterocycles. The van der Waals surface area contributed by atoms with Crippen molar-refractivity contribution < 1.29 is 14.0 Å². The molecule has 240 valence electrons. The number of hydrogen-bond acceptors (Lipinski definition) is 7. The minimum Gasteiger partial charge on any atom is -0.366 e. The number of rotatable bonds is 6. The number of nitrogens with two attached hydrogens (primary N) is 1. The van der Waals surface area contributed by atoms with Crippen LogP contribution in [-0.2, 0) is 13.0 Å². The first-order valence-corrected chi connectivity index (χ1v) is 15.8. The molecule has 0 radical (unpaired) electrons. The van der Waals surface area contributed by atoms with Gasteiger partial charge in [0.2, 0.25) is 0 Å². The zero-order valence-corrected chi connectivity index (χ0v) is 27.8. The first-order chi connectivity index (χ1) is 22.4. The maximum Gasteiger partial charge on any atom is 0.254 e. The number of fused-ring (bicyclic) bond motifs is 2. The molecule has 0 saturated heterocycles. The highest BCUT2D eigenvalue weighted by molar-refractivity contribution is 7.80. The number of halogens is 1. The second-order valence-electron chi connectivity index (χ2n) is 12.2. The van der Waals surface area contributed by atoms with E-state index in [1.807, 2.05) is 57.4 Å². The fourth-order valence-corrected chi connectivity index (χ4v) is 5.93. The van der Waals surface area contributed by atoms with E-state index in [-0.39, 0.29) is 34.5 Å². The van der Waals surface area contributed by atoms with Crippen molar-refractivity contribution in [1.82, 2.24) is 24.8 Å². The number of nitrogens with zero attached hydrogens (tertiary/aromatic N) is 5. The largest absolute Gasteiger partial charge is 0.366 e. The molecule has 0 fully saturated rings. The van der Waals surface area contributed by atoms with Gasteiger partial charge in [-0.3, -0.25) is 19.6 Å². The van der Waals surface area contributed by atoms with Gasteiger partial charge in [0.1, 0.15) is 17.5 Å². The van der Waals surface area contributed by atoms with Crippen LogP contribution in [0.1, 0.15) is 80.6 Å². The average molecular weight is 650 g/mol. The molecule has 0 aliphatic carbocycles. The van der Waals surface area contributed by atoms with E-state index in [4.69, 9.17) is 33.6 Å². The number of carbonyl (C=O) groups is 2. The topological polar surface area (TPSA) is 140 Å². The minimum atomic E-state index is -0.640. The fourth-order valence-electron chi connectivity index (χ4n) is 5.67. The molecular weight excluding hydrogens is 614 g/mol. The molecule has 47 heavy (non-hydrogen) atoms. The summed E-state index contributed by atoms with van der Waals surface area (Å²) in [5.74, 6) is -0.915. The van der Waals surface area contributed by atoms with Gasteiger partial charge in [0.05, 0.1) is 45.6 Å². The van der Waals surface area contributed by atoms with Crippen molar-refractivity contribution in [2.24, 2.45) is 11.7 Å². The van der Waals surface area contributed by atoms with Gasteiger partial charge in [-0.1, -0.05) is 31.5 Å². The van der Waals surface area contributed by atoms with Crippen molar-refractivity contribution >= 4 is 35.5 Å². The lowest BCUT2D eigenvalue weighted by atomic mass is 9.86. The van der Waals surface area contributed by atoms with Crippen LogP contribution in [0.25, 0.3) is 22.2 Å². The number of pyridine rings is 3. The molecule has 5 aromatic rings. The molecule has 6 rings (SSSR count). The summed E-state index contributed by atoms with van der Waals surface area (Å²) in [6, 6.07) is 15.7. The van der Waals surface area contributed by atoms with E-state index < -0.39 is 5.91 Å². The van der Waals surface area contributed by atoms with E-state index in [0.717, 1.165) is 28.0 Å². The Bertz CT molecular complexity index is 1990. The molecule has 0 spiro atoms. The Morgan fingerprint density at radius 3 is 2.43 bits per heavy atom. The summed E-state index contributed by atoms with van der Waals surface area (Å²) >= 11 is 4.76. The molecule has 0 bridgehead atoms. The van der Waals surface area contributed by atoms with Gasteiger partial charge in [-0.05, 0) is 69.5 Å². The molecule has 9 nitrogen and oxygen atoms in total. The van der Waals surface area contributed by atoms with Crippen molar-refractivity contribution in [2.75, 3.05) is 0 Å². The van der Waals surface area contributed by atoms with Crippen LogP contribution < -0.4 is 11.1 Å². The van der Waals surface area contributed by atoms with E-state index in [0.29, 0.717) is 46.6 Å². The highest BCUT2D eigenvalue weighted by Gasteiger charge is 2.36. The van der Waals surface area contributed by atoms with Crippen LogP contribution in [0.5, 0.6) is 0 Å². The summed E-state index contributed by atoms with van der Waals surface area (Å²) in [6.07, 6.45) is 3.75. The van der Waals surface area contributed by atoms with Gasteiger partial charge in [-0.25, -0.2) is 9.37 Å². The normalized spacial score (nSPS) is 15.4. The minimum absolute atomic E-state index is 0.171. The number of amides is 2. The standard InChI is InChI=1S/C29H29N7O2S.C7H7F/c1-14(2)7-21-23(27(31)37)22(24-25(35-21)26(39)16(4)34-29(24)38)19-9-18-8-15(3)36(28(18)33-12-19)13-20-6-5-17(10-30)11-32-20;1-6-2-4-7(8)5-3-6/h5-6,8-9,11-12,14,16,26,39H,7,13H2,1-4H3,(H2,31,37)(H,34,38);2-5H,1H3. The maximum absolute atomic E-state index is 13.3. The molecule has 1 aliphatic rings. The highest BCUT2D eigenvalue weighted by Crippen LogP contribution is 2.40. The first-order valence-electron chi connectivity index (χ1n) is 15.3. The smallest absolute Gasteiger partial charge is 0.254 e. The van der Waals surface area contributed by atoms with Crippen molar-refractivity contribution in [2.45, 2.75) is 58.9 Å². The number of aromatic nitrogens is 4. The summed E-state index contributed by atoms with van der Waals surface area (Å²) in [7, 11) is 0. The average Bonchev–Trinajstić information content (AvgIpc) is 3.34. The molecule has 0 saturated carbocycles. The number of aryl methyl sites for hydroxylation is 2. The Hall–Kier alpha value is -5.08. The molecule has 11 heteroatoms. The number of nitriles is 1. The van der Waals surface area contributed by atoms with Gasteiger partial charge in [-0.2, -0.15) is 17.9 Å². The maximum atomic E-state index is 13.3. The Balaban J connectivity index is 0.000000474. The van der Waals surface area contributed by atoms with Gasteiger partial charge in [0, 0.05) is 40.6 Å². The summed E-state index contributed by atoms with van der Waals surface area (Å²) in [4.78, 5) is 40.2. The van der Waals surface area contributed by atoms with Gasteiger partial charge in [-0.15, -0.1) is 0 Å². The number of hydrogen-bond donors (Lipinski definition) is 3. The van der Waals surface area contributed by atoms with Crippen LogP contribution >= 0.6 is 12.6 Å². The second-order valence-corrected chi connectivity index (χ2v) is 12.7. The number of primary amides is 1. The quantitative estimate of drug-likeness (QED) is 0.186. The van der Waals surface area contributed by atoms with Crippen LogP contribution in [0.2, 0.25) is 0 Å². The lowest BCUT2D eigenvalue weighted by molar-refractivity contribution is 0.0928. The number of benzene rings is 1. The van der Waals surface area contributed by atoms with Crippen molar-refractivity contribution in [3.63, 3.8) is 0 Å². The van der Waals surface area contributed by atoms with E-state index in [1.165, 1.54) is 12.1 Å². The number of carbonyl (C=O) groups excluding carboxylic acids is 2. The van der Waals surface area contributed by atoms with Gasteiger partial charge < -0.3 is 15.6 Å². The second kappa shape index (κ2) is 13.7. The monoisotopic (exact) mass is 649 g/mol. The fraction of sp³-hybridized carbons (Fsp3) is 0.278. The van der Waals surface area contributed by atoms with Crippen LogP contribution in [0.15, 0.2) is 60.9 Å². The molecule has 2 atom stereocenters. The van der Waals surface area contributed by atoms with E-state index in [9.17, 15) is 14.0 Å². The number of nitrogens with one attached hydrogen (secondary N) is 1. The third-order valence-electron chi connectivity index (χ3n) is 8.00. The molecule has 1 aliphatic heterocycles. The highest BCUT2D eigenvalue weighted by atomic mass is 32.1. The van der Waals surface area contributed by atoms with Crippen molar-refractivity contribution in [1.29, 1.82) is 5.26 Å². The van der Waals surface area contributed by atoms with Gasteiger partial charge >= 0.3 is 0 Å². The van der Waals surface area contributed by atoms with E-state index in [2.05, 4.69) is 16.4 Å². The van der Waals surface area contributed by atoms with Crippen molar-refractivity contribution in [3.8, 4) is 17.2 Å². The van der Waals surface area contributed by atoms with Crippen LogP contribution in [0.4, 0.5) is 4.39 Å². The van der Waals surface area contributed by atoms with Crippen LogP contribution in [-0.4, -0.2) is 37.4 Å². The Morgan fingerprint density at radius 2 is 1.83 bits per heavy atom. The zero-order chi connectivity index (χ0) is 34.0. The summed E-state index contributed by atoms with van der Waals surface area (Å²) < 4.78 is 14.1. The molecule has 5 heterocycles. The Morgan fingerprint density at radius 1 is 1.11 bits per heavy atom. The SMILES string of the molecule is Cc1cc2cc(-c3c(C(N)=O)c(CC(C)C)nc4c3C(=O)NC(C)C4S)cnc2n1Cc1ccc(C#N)cn1.Cc1ccc(F)cc1. The molecule has 3 N–H and O–H groups in total. The summed E-state index contributed by atoms with van der Waals surface area (Å²) in [5.41, 5.74) is 12.7. The third kappa shape index (κ3) is 7.03. The molecule has 2 amide bonds. The Labute approximate surface area is 278 Å². The zero-order valence-electron chi connectivity index (χ0n) is 26.9. The Kier molecular flexibility index (Phi) is 9.72.